The summed E-state index contributed by atoms with van der Waals surface area (Å²) < 4.78 is 57.8. The number of likely N-dealkylation sites (tertiary alicyclic amines) is 1. The van der Waals surface area contributed by atoms with Crippen LogP contribution in [0.1, 0.15) is 45.7 Å². The van der Waals surface area contributed by atoms with E-state index in [0.29, 0.717) is 29.8 Å². The summed E-state index contributed by atoms with van der Waals surface area (Å²) in [5.74, 6) is -2.80. The Kier molecular flexibility index (Phi) is 8.98. The Morgan fingerprint density at radius 1 is 1.00 bits per heavy atom. The molecule has 1 aliphatic heterocycles. The molecule has 48 heavy (non-hydrogen) atoms. The van der Waals surface area contributed by atoms with E-state index in [1.165, 1.54) is 43.5 Å². The lowest BCUT2D eigenvalue weighted by Crippen LogP contribution is -2.38. The number of carbonyl (C=O) groups excluding carboxylic acids is 1. The molecule has 0 radical (unpaired) electrons. The number of nitriles is 1. The minimum Gasteiger partial charge on any atom is -0.478 e. The summed E-state index contributed by atoms with van der Waals surface area (Å²) in [6.07, 6.45) is 0.805. The standard InChI is InChI=1S/C35H28F3N5O5/c1-47-35(46)42-11-3-4-24(42)18-43-31-14-21(34(44)45)9-10-30(31)40-32(43)15-23-13-28(38)25(16-27(23)37)29-5-2-6-33(41-29)48-19-22-8-7-20(17-39)12-26(22)36/h2,5-10,12-14,16,24H,3-4,11,15,18-19H2,1H3,(H,44,45)/t24-/m1/s1. The van der Waals surface area contributed by atoms with Gasteiger partial charge < -0.3 is 24.0 Å². The normalized spacial score (nSPS) is 14.2. The smallest absolute Gasteiger partial charge is 0.409 e. The Morgan fingerprint density at radius 3 is 2.56 bits per heavy atom. The van der Waals surface area contributed by atoms with Gasteiger partial charge in [-0.15, -0.1) is 0 Å². The molecule has 1 saturated heterocycles. The van der Waals surface area contributed by atoms with Gasteiger partial charge in [-0.3, -0.25) is 0 Å². The number of imidazole rings is 1. The number of pyridine rings is 1. The van der Waals surface area contributed by atoms with E-state index >= 15 is 8.78 Å². The minimum absolute atomic E-state index is 0.00575. The third-order valence-corrected chi connectivity index (χ3v) is 8.30. The number of aromatic nitrogens is 3. The maximum absolute atomic E-state index is 15.7. The molecule has 1 aliphatic rings. The summed E-state index contributed by atoms with van der Waals surface area (Å²) in [4.78, 5) is 34.6. The Morgan fingerprint density at radius 2 is 1.81 bits per heavy atom. The van der Waals surface area contributed by atoms with Crippen molar-refractivity contribution in [2.75, 3.05) is 13.7 Å². The van der Waals surface area contributed by atoms with Crippen LogP contribution in [0.25, 0.3) is 22.3 Å². The minimum atomic E-state index is -1.13. The van der Waals surface area contributed by atoms with Crippen LogP contribution in [0.3, 0.4) is 0 Å². The van der Waals surface area contributed by atoms with Crippen molar-refractivity contribution in [3.05, 3.63) is 112 Å². The fraction of sp³-hybridized carbons (Fsp3) is 0.229. The Labute approximate surface area is 272 Å². The SMILES string of the molecule is COC(=O)N1CCC[C@@H]1Cn1c(Cc2cc(F)c(-c3cccc(OCc4ccc(C#N)cc4F)n3)cc2F)nc2ccc(C(=O)O)cc21. The lowest BCUT2D eigenvalue weighted by atomic mass is 10.0. The molecule has 0 spiro atoms. The molecule has 1 fully saturated rings. The van der Waals surface area contributed by atoms with E-state index in [9.17, 15) is 19.1 Å². The number of methoxy groups -OCH3 is 1. The summed E-state index contributed by atoms with van der Waals surface area (Å²) in [5, 5.41) is 18.5. The molecule has 1 amide bonds. The zero-order valence-corrected chi connectivity index (χ0v) is 25.6. The second kappa shape index (κ2) is 13.4. The molecule has 3 heterocycles. The number of nitrogens with zero attached hydrogens (tertiary/aromatic N) is 5. The van der Waals surface area contributed by atoms with Gasteiger partial charge in [0.05, 0.1) is 47.1 Å². The highest BCUT2D eigenvalue weighted by atomic mass is 19.1. The van der Waals surface area contributed by atoms with Crippen molar-refractivity contribution in [2.45, 2.75) is 38.5 Å². The van der Waals surface area contributed by atoms with E-state index in [2.05, 4.69) is 9.97 Å². The van der Waals surface area contributed by atoms with E-state index in [1.807, 2.05) is 6.07 Å². The first-order valence-corrected chi connectivity index (χ1v) is 15.0. The Hall–Kier alpha value is -5.90. The van der Waals surface area contributed by atoms with Gasteiger partial charge in [0.15, 0.2) is 0 Å². The number of amides is 1. The number of hydrogen-bond donors (Lipinski definition) is 1. The summed E-state index contributed by atoms with van der Waals surface area (Å²) >= 11 is 0. The molecule has 10 nitrogen and oxygen atoms in total. The first-order chi connectivity index (χ1) is 23.1. The van der Waals surface area contributed by atoms with Gasteiger partial charge >= 0.3 is 12.1 Å². The monoisotopic (exact) mass is 655 g/mol. The van der Waals surface area contributed by atoms with Crippen LogP contribution in [0.5, 0.6) is 5.88 Å². The Bertz CT molecular complexity index is 2090. The summed E-state index contributed by atoms with van der Waals surface area (Å²) in [6, 6.07) is 16.6. The topological polar surface area (TPSA) is 131 Å². The molecule has 1 atom stereocenters. The van der Waals surface area contributed by atoms with Gasteiger partial charge in [0.25, 0.3) is 0 Å². The van der Waals surface area contributed by atoms with Gasteiger partial charge in [0, 0.05) is 36.7 Å². The highest BCUT2D eigenvalue weighted by Crippen LogP contribution is 2.30. The van der Waals surface area contributed by atoms with Crippen LogP contribution >= 0.6 is 0 Å². The molecule has 0 saturated carbocycles. The fourth-order valence-corrected chi connectivity index (χ4v) is 5.86. The van der Waals surface area contributed by atoms with E-state index in [1.54, 1.807) is 21.6 Å². The maximum Gasteiger partial charge on any atom is 0.409 e. The average Bonchev–Trinajstić information content (AvgIpc) is 3.69. The van der Waals surface area contributed by atoms with Crippen LogP contribution < -0.4 is 4.74 Å². The third kappa shape index (κ3) is 6.50. The quantitative estimate of drug-likeness (QED) is 0.191. The second-order valence-electron chi connectivity index (χ2n) is 11.3. The lowest BCUT2D eigenvalue weighted by Gasteiger charge is -2.24. The third-order valence-electron chi connectivity index (χ3n) is 8.30. The van der Waals surface area contributed by atoms with Gasteiger partial charge in [-0.1, -0.05) is 12.1 Å². The van der Waals surface area contributed by atoms with Crippen LogP contribution in [0.15, 0.2) is 66.7 Å². The average molecular weight is 656 g/mol. The van der Waals surface area contributed by atoms with Gasteiger partial charge in [-0.2, -0.15) is 5.26 Å². The highest BCUT2D eigenvalue weighted by Gasteiger charge is 2.31. The van der Waals surface area contributed by atoms with Crippen molar-refractivity contribution >= 4 is 23.1 Å². The van der Waals surface area contributed by atoms with Crippen molar-refractivity contribution in [1.29, 1.82) is 5.26 Å². The van der Waals surface area contributed by atoms with Crippen LogP contribution in [0.4, 0.5) is 18.0 Å². The van der Waals surface area contributed by atoms with Crippen LogP contribution in [0, 0.1) is 28.8 Å². The predicted molar refractivity (Wildman–Crippen MR) is 167 cm³/mol. The number of carboxylic acid groups (broad SMARTS) is 1. The van der Waals surface area contributed by atoms with E-state index < -0.39 is 29.5 Å². The number of fused-ring (bicyclic) bond motifs is 1. The maximum atomic E-state index is 15.7. The number of hydrogen-bond acceptors (Lipinski definition) is 7. The summed E-state index contributed by atoms with van der Waals surface area (Å²) in [6.45, 7) is 0.542. The van der Waals surface area contributed by atoms with Gasteiger partial charge in [-0.05, 0) is 66.9 Å². The zero-order chi connectivity index (χ0) is 33.9. The Balaban J connectivity index is 1.28. The molecule has 6 rings (SSSR count). The molecule has 3 aromatic carbocycles. The molecule has 0 aliphatic carbocycles. The number of ether oxygens (including phenoxy) is 2. The second-order valence-corrected chi connectivity index (χ2v) is 11.3. The molecule has 244 valence electrons. The van der Waals surface area contributed by atoms with Crippen LogP contribution in [-0.4, -0.2) is 56.3 Å². The van der Waals surface area contributed by atoms with Gasteiger partial charge in [0.1, 0.15) is 29.9 Å². The summed E-state index contributed by atoms with van der Waals surface area (Å²) in [7, 11) is 1.30. The van der Waals surface area contributed by atoms with Crippen molar-refractivity contribution in [1.82, 2.24) is 19.4 Å². The number of benzene rings is 3. The molecule has 2 aromatic heterocycles. The lowest BCUT2D eigenvalue weighted by molar-refractivity contribution is 0.0697. The zero-order valence-electron chi connectivity index (χ0n) is 25.6. The van der Waals surface area contributed by atoms with E-state index in [0.717, 1.165) is 24.6 Å². The van der Waals surface area contributed by atoms with E-state index in [4.69, 9.17) is 14.7 Å². The molecule has 0 bridgehead atoms. The molecular formula is C35H28F3N5O5. The van der Waals surface area contributed by atoms with Crippen molar-refractivity contribution < 1.29 is 37.3 Å². The molecule has 13 heteroatoms. The predicted octanol–water partition coefficient (Wildman–Crippen LogP) is 6.49. The van der Waals surface area contributed by atoms with Crippen molar-refractivity contribution in [2.24, 2.45) is 0 Å². The number of carboxylic acids is 1. The highest BCUT2D eigenvalue weighted by molar-refractivity contribution is 5.92. The largest absolute Gasteiger partial charge is 0.478 e. The fourth-order valence-electron chi connectivity index (χ4n) is 5.86. The van der Waals surface area contributed by atoms with Gasteiger partial charge in [0.2, 0.25) is 5.88 Å². The van der Waals surface area contributed by atoms with E-state index in [-0.39, 0.29) is 65.0 Å². The number of rotatable bonds is 9. The van der Waals surface area contributed by atoms with Gasteiger partial charge in [-0.25, -0.2) is 32.7 Å². The van der Waals surface area contributed by atoms with Crippen LogP contribution in [-0.2, 0) is 24.3 Å². The molecule has 0 unspecified atom stereocenters. The molecule has 5 aromatic rings. The van der Waals surface area contributed by atoms with Crippen molar-refractivity contribution in [3.63, 3.8) is 0 Å². The number of halogens is 3. The summed E-state index contributed by atoms with van der Waals surface area (Å²) in [5.41, 5.74) is 1.33. The molecule has 1 N–H and O–H groups in total. The first-order valence-electron chi connectivity index (χ1n) is 15.0. The number of aromatic carboxylic acids is 1. The van der Waals surface area contributed by atoms with Crippen molar-refractivity contribution in [3.8, 4) is 23.2 Å². The first kappa shape index (κ1) is 32.1. The van der Waals surface area contributed by atoms with Crippen LogP contribution in [0.2, 0.25) is 0 Å². The molecular weight excluding hydrogens is 627 g/mol. The number of carbonyl (C=O) groups is 2.